The van der Waals surface area contributed by atoms with E-state index in [2.05, 4.69) is 21.9 Å². The second-order valence-electron chi connectivity index (χ2n) is 9.03. The Hall–Kier alpha value is -3.96. The summed E-state index contributed by atoms with van der Waals surface area (Å²) in [5.74, 6) is 0.459. The maximum atomic E-state index is 13.7. The molecule has 0 bridgehead atoms. The maximum Gasteiger partial charge on any atom is 0.200 e. The first-order valence-corrected chi connectivity index (χ1v) is 13.5. The van der Waals surface area contributed by atoms with Crippen LogP contribution in [0.25, 0.3) is 11.0 Å². The highest BCUT2D eigenvalue weighted by atomic mass is 32.2. The van der Waals surface area contributed by atoms with Gasteiger partial charge in [0.1, 0.15) is 5.69 Å². The smallest absolute Gasteiger partial charge is 0.200 e. The van der Waals surface area contributed by atoms with Crippen molar-refractivity contribution < 1.29 is 8.42 Å². The fourth-order valence-corrected chi connectivity index (χ4v) is 5.99. The molecule has 1 aliphatic heterocycles. The molecular formula is C28H27N5O2S. The fourth-order valence-electron chi connectivity index (χ4n) is 4.53. The molecule has 1 aliphatic rings. The second-order valence-corrected chi connectivity index (χ2v) is 11.1. The Kier molecular flexibility index (Phi) is 6.33. The fraction of sp³-hybridized carbons (Fsp3) is 0.250. The molecule has 0 radical (unpaired) electrons. The van der Waals surface area contributed by atoms with Gasteiger partial charge in [-0.05, 0) is 61.4 Å². The Bertz CT molecular complexity index is 1560. The Morgan fingerprint density at radius 3 is 2.06 bits per heavy atom. The van der Waals surface area contributed by atoms with Crippen LogP contribution in [0.3, 0.4) is 0 Å². The van der Waals surface area contributed by atoms with Gasteiger partial charge >= 0.3 is 0 Å². The van der Waals surface area contributed by atoms with E-state index in [1.54, 1.807) is 24.3 Å². The minimum Gasteiger partial charge on any atom is -0.368 e. The summed E-state index contributed by atoms with van der Waals surface area (Å²) in [6, 6.07) is 24.6. The number of aryl methyl sites for hydroxylation is 2. The summed E-state index contributed by atoms with van der Waals surface area (Å²) in [6.45, 7) is 6.56. The van der Waals surface area contributed by atoms with Gasteiger partial charge in [0, 0.05) is 31.9 Å². The molecule has 0 spiro atoms. The molecule has 8 heteroatoms. The highest BCUT2D eigenvalue weighted by Gasteiger charge is 2.35. The van der Waals surface area contributed by atoms with Crippen LogP contribution in [0.1, 0.15) is 22.1 Å². The number of fused-ring (bicyclic) bond motifs is 1. The van der Waals surface area contributed by atoms with E-state index in [1.165, 1.54) is 0 Å². The van der Waals surface area contributed by atoms with Gasteiger partial charge in [-0.25, -0.2) is 18.4 Å². The maximum absolute atomic E-state index is 13.7. The van der Waals surface area contributed by atoms with Crippen molar-refractivity contribution in [2.45, 2.75) is 24.0 Å². The molecule has 1 aromatic heterocycles. The van der Waals surface area contributed by atoms with Crippen molar-refractivity contribution in [1.29, 1.82) is 5.26 Å². The highest BCUT2D eigenvalue weighted by Crippen LogP contribution is 2.35. The van der Waals surface area contributed by atoms with E-state index >= 15 is 0 Å². The van der Waals surface area contributed by atoms with E-state index in [0.717, 1.165) is 29.9 Å². The summed E-state index contributed by atoms with van der Waals surface area (Å²) >= 11 is 0. The number of para-hydroxylation sites is 3. The van der Waals surface area contributed by atoms with E-state index in [-0.39, 0.29) is 10.6 Å². The second kappa shape index (κ2) is 9.59. The number of anilines is 2. The molecule has 182 valence electrons. The van der Waals surface area contributed by atoms with Crippen LogP contribution < -0.4 is 9.80 Å². The predicted octanol–water partition coefficient (Wildman–Crippen LogP) is 4.61. The topological polar surface area (TPSA) is 90.2 Å². The molecule has 0 N–H and O–H groups in total. The molecule has 36 heavy (non-hydrogen) atoms. The molecule has 0 unspecified atom stereocenters. The van der Waals surface area contributed by atoms with Gasteiger partial charge in [-0.15, -0.1) is 0 Å². The van der Waals surface area contributed by atoms with Crippen molar-refractivity contribution in [1.82, 2.24) is 9.97 Å². The number of hydrogen-bond donors (Lipinski definition) is 0. The van der Waals surface area contributed by atoms with Crippen molar-refractivity contribution in [3.63, 3.8) is 0 Å². The van der Waals surface area contributed by atoms with Gasteiger partial charge in [0.25, 0.3) is 0 Å². The normalized spacial score (nSPS) is 15.0. The third kappa shape index (κ3) is 4.38. The van der Waals surface area contributed by atoms with E-state index in [0.29, 0.717) is 29.9 Å². The molecule has 1 fully saturated rings. The minimum absolute atomic E-state index is 0.118. The summed E-state index contributed by atoms with van der Waals surface area (Å²) in [7, 11) is -4.03. The van der Waals surface area contributed by atoms with Gasteiger partial charge in [0.05, 0.1) is 22.0 Å². The molecule has 1 saturated heterocycles. The molecule has 2 heterocycles. The number of aromatic nitrogens is 2. The zero-order chi connectivity index (χ0) is 25.3. The zero-order valence-electron chi connectivity index (χ0n) is 20.3. The number of nitriles is 1. The van der Waals surface area contributed by atoms with Crippen LogP contribution in [-0.4, -0.2) is 44.6 Å². The van der Waals surface area contributed by atoms with Gasteiger partial charge in [0.2, 0.25) is 9.84 Å². The van der Waals surface area contributed by atoms with Crippen molar-refractivity contribution in [2.24, 2.45) is 0 Å². The lowest BCUT2D eigenvalue weighted by Gasteiger charge is -2.37. The number of nitrogens with zero attached hydrogens (tertiary/aromatic N) is 5. The molecule has 4 aromatic rings. The average molecular weight is 498 g/mol. The first-order chi connectivity index (χ1) is 17.4. The molecule has 3 aromatic carbocycles. The van der Waals surface area contributed by atoms with Gasteiger partial charge in [-0.2, -0.15) is 5.26 Å². The quantitative estimate of drug-likeness (QED) is 0.398. The average Bonchev–Trinajstić information content (AvgIpc) is 2.90. The first-order valence-electron chi connectivity index (χ1n) is 11.9. The summed E-state index contributed by atoms with van der Waals surface area (Å²) < 4.78 is 27.4. The van der Waals surface area contributed by atoms with Crippen LogP contribution in [0.15, 0.2) is 77.7 Å². The molecule has 0 saturated carbocycles. The van der Waals surface area contributed by atoms with Crippen molar-refractivity contribution in [3.8, 4) is 6.07 Å². The largest absolute Gasteiger partial charge is 0.368 e. The van der Waals surface area contributed by atoms with E-state index in [1.807, 2.05) is 56.3 Å². The number of piperazine rings is 1. The Balaban J connectivity index is 1.56. The molecule has 0 aliphatic carbocycles. The first kappa shape index (κ1) is 23.8. The van der Waals surface area contributed by atoms with Gasteiger partial charge in [0.15, 0.2) is 11.1 Å². The van der Waals surface area contributed by atoms with E-state index in [4.69, 9.17) is 9.97 Å². The molecular weight excluding hydrogens is 470 g/mol. The van der Waals surface area contributed by atoms with Crippen LogP contribution >= 0.6 is 0 Å². The monoisotopic (exact) mass is 497 g/mol. The number of sulfone groups is 1. The lowest BCUT2D eigenvalue weighted by atomic mass is 10.1. The van der Waals surface area contributed by atoms with Crippen LogP contribution in [-0.2, 0) is 9.84 Å². The number of rotatable bonds is 5. The van der Waals surface area contributed by atoms with Gasteiger partial charge in [-0.3, -0.25) is 0 Å². The van der Waals surface area contributed by atoms with Crippen LogP contribution in [0, 0.1) is 25.2 Å². The summed E-state index contributed by atoms with van der Waals surface area (Å²) in [5, 5.41) is 8.69. The minimum atomic E-state index is -4.03. The van der Waals surface area contributed by atoms with Crippen molar-refractivity contribution >= 4 is 32.4 Å². The molecule has 1 atom stereocenters. The number of benzene rings is 3. The SMILES string of the molecule is Cc1ccc(S(=O)(=O)[C@H](C#N)c2nc3ccccc3nc2N2CCN(c3ccccc3)CC2)cc1C. The molecule has 7 nitrogen and oxygen atoms in total. The lowest BCUT2D eigenvalue weighted by Crippen LogP contribution is -2.47. The summed E-state index contributed by atoms with van der Waals surface area (Å²) in [5.41, 5.74) is 4.41. The predicted molar refractivity (Wildman–Crippen MR) is 142 cm³/mol. The summed E-state index contributed by atoms with van der Waals surface area (Å²) in [6.07, 6.45) is 0. The van der Waals surface area contributed by atoms with Crippen molar-refractivity contribution in [2.75, 3.05) is 36.0 Å². The van der Waals surface area contributed by atoms with E-state index in [9.17, 15) is 13.7 Å². The van der Waals surface area contributed by atoms with Gasteiger partial charge < -0.3 is 9.80 Å². The van der Waals surface area contributed by atoms with Crippen LogP contribution in [0.4, 0.5) is 11.5 Å². The zero-order valence-corrected chi connectivity index (χ0v) is 21.1. The highest BCUT2D eigenvalue weighted by molar-refractivity contribution is 7.92. The Morgan fingerprint density at radius 2 is 1.42 bits per heavy atom. The molecule has 0 amide bonds. The van der Waals surface area contributed by atoms with Crippen molar-refractivity contribution in [3.05, 3.63) is 89.6 Å². The van der Waals surface area contributed by atoms with Gasteiger partial charge in [-0.1, -0.05) is 36.4 Å². The standard InChI is InChI=1S/C28H27N5O2S/c1-20-12-13-23(18-21(20)2)36(34,35)26(19-29)27-28(31-25-11-7-6-10-24(25)30-27)33-16-14-32(15-17-33)22-8-4-3-5-9-22/h3-13,18,26H,14-17H2,1-2H3/t26-/m1/s1. The Morgan fingerprint density at radius 1 is 0.806 bits per heavy atom. The van der Waals surface area contributed by atoms with Crippen LogP contribution in [0.5, 0.6) is 0 Å². The molecule has 5 rings (SSSR count). The summed E-state index contributed by atoms with van der Waals surface area (Å²) in [4.78, 5) is 14.0. The third-order valence-corrected chi connectivity index (χ3v) is 8.62. The third-order valence-electron chi connectivity index (χ3n) is 6.76. The van der Waals surface area contributed by atoms with E-state index < -0.39 is 15.1 Å². The number of hydrogen-bond acceptors (Lipinski definition) is 7. The lowest BCUT2D eigenvalue weighted by molar-refractivity contribution is 0.589. The van der Waals surface area contributed by atoms with Crippen LogP contribution in [0.2, 0.25) is 0 Å². The Labute approximate surface area is 211 Å².